The molecule has 1 aromatic rings. The van der Waals surface area contributed by atoms with Crippen LogP contribution in [0.25, 0.3) is 0 Å². The summed E-state index contributed by atoms with van der Waals surface area (Å²) in [6, 6.07) is 0. The summed E-state index contributed by atoms with van der Waals surface area (Å²) in [7, 11) is 0. The number of rotatable bonds is 9. The Morgan fingerprint density at radius 3 is 2.74 bits per heavy atom. The van der Waals surface area contributed by atoms with Crippen LogP contribution in [0.3, 0.4) is 0 Å². The summed E-state index contributed by atoms with van der Waals surface area (Å²) in [6.45, 7) is 9.19. The van der Waals surface area contributed by atoms with Crippen molar-refractivity contribution in [3.05, 3.63) is 15.6 Å². The zero-order chi connectivity index (χ0) is 13.7. The number of nitrogens with one attached hydrogen (secondary N) is 1. The molecule has 1 aromatic heterocycles. The smallest absolute Gasteiger partial charge is 0.122 e. The second-order valence-electron chi connectivity index (χ2n) is 5.17. The summed E-state index contributed by atoms with van der Waals surface area (Å²) in [4.78, 5) is 6.29. The molecule has 1 unspecified atom stereocenters. The van der Waals surface area contributed by atoms with Crippen molar-refractivity contribution >= 4 is 11.3 Å². The van der Waals surface area contributed by atoms with Crippen LogP contribution in [0.5, 0.6) is 0 Å². The van der Waals surface area contributed by atoms with Gasteiger partial charge in [0, 0.05) is 18.0 Å². The lowest BCUT2D eigenvalue weighted by atomic mass is 10.2. The lowest BCUT2D eigenvalue weighted by Crippen LogP contribution is -2.11. The fraction of sp³-hybridized carbons (Fsp3) is 0.800. The van der Waals surface area contributed by atoms with Crippen LogP contribution in [0.1, 0.15) is 61.7 Å². The molecule has 2 rings (SSSR count). The van der Waals surface area contributed by atoms with Crippen molar-refractivity contribution in [3.8, 4) is 0 Å². The van der Waals surface area contributed by atoms with Crippen LogP contribution in [-0.4, -0.2) is 18.1 Å². The van der Waals surface area contributed by atoms with E-state index in [2.05, 4.69) is 26.1 Å². The van der Waals surface area contributed by atoms with Gasteiger partial charge >= 0.3 is 0 Å². The van der Waals surface area contributed by atoms with Crippen LogP contribution < -0.4 is 5.32 Å². The monoisotopic (exact) mass is 282 g/mol. The first-order valence-electron chi connectivity index (χ1n) is 7.60. The average molecular weight is 282 g/mol. The van der Waals surface area contributed by atoms with Gasteiger partial charge in [0.2, 0.25) is 0 Å². The van der Waals surface area contributed by atoms with Crippen molar-refractivity contribution in [1.82, 2.24) is 10.3 Å². The highest BCUT2D eigenvalue weighted by Crippen LogP contribution is 2.44. The zero-order valence-electron chi connectivity index (χ0n) is 12.4. The van der Waals surface area contributed by atoms with E-state index in [0.29, 0.717) is 5.92 Å². The summed E-state index contributed by atoms with van der Waals surface area (Å²) in [5.41, 5.74) is 1.29. The molecule has 1 fully saturated rings. The highest BCUT2D eigenvalue weighted by molar-refractivity contribution is 7.11. The summed E-state index contributed by atoms with van der Waals surface area (Å²) < 4.78 is 5.93. The van der Waals surface area contributed by atoms with Crippen molar-refractivity contribution in [1.29, 1.82) is 0 Å². The number of nitrogens with zero attached hydrogens (tertiary/aromatic N) is 1. The van der Waals surface area contributed by atoms with Gasteiger partial charge in [0.25, 0.3) is 0 Å². The van der Waals surface area contributed by atoms with E-state index in [1.165, 1.54) is 28.4 Å². The molecule has 3 nitrogen and oxygen atoms in total. The van der Waals surface area contributed by atoms with Gasteiger partial charge in [0.15, 0.2) is 0 Å². The molecule has 1 aliphatic carbocycles. The Morgan fingerprint density at radius 2 is 2.16 bits per heavy atom. The van der Waals surface area contributed by atoms with Gasteiger partial charge in [-0.05, 0) is 38.6 Å². The molecule has 1 aliphatic rings. The zero-order valence-corrected chi connectivity index (χ0v) is 13.2. The van der Waals surface area contributed by atoms with Gasteiger partial charge in [-0.25, -0.2) is 4.98 Å². The van der Waals surface area contributed by atoms with Crippen LogP contribution in [0.4, 0.5) is 0 Å². The molecular weight excluding hydrogens is 256 g/mol. The second kappa shape index (κ2) is 7.36. The van der Waals surface area contributed by atoms with Crippen LogP contribution in [0.2, 0.25) is 0 Å². The lowest BCUT2D eigenvalue weighted by molar-refractivity contribution is 0.0461. The molecule has 108 valence electrons. The first-order valence-corrected chi connectivity index (χ1v) is 8.42. The Bertz CT molecular complexity index is 387. The number of aryl methyl sites for hydroxylation is 1. The molecule has 0 aliphatic heterocycles. The van der Waals surface area contributed by atoms with Crippen LogP contribution >= 0.6 is 11.3 Å². The molecule has 1 saturated carbocycles. The van der Waals surface area contributed by atoms with Crippen LogP contribution in [0.15, 0.2) is 0 Å². The highest BCUT2D eigenvalue weighted by Gasteiger charge is 2.35. The standard InChI is InChI=1S/C15H26N2OS/c1-4-7-12-13(10-16-5-2)19-15(17-12)14(18-6-3)11-8-9-11/h11,14,16H,4-10H2,1-3H3. The topological polar surface area (TPSA) is 34.1 Å². The Morgan fingerprint density at radius 1 is 1.37 bits per heavy atom. The highest BCUT2D eigenvalue weighted by atomic mass is 32.1. The molecule has 0 amide bonds. The molecule has 1 N–H and O–H groups in total. The predicted molar refractivity (Wildman–Crippen MR) is 80.6 cm³/mol. The van der Waals surface area contributed by atoms with Gasteiger partial charge in [-0.15, -0.1) is 11.3 Å². The molecule has 0 spiro atoms. The van der Waals surface area contributed by atoms with E-state index >= 15 is 0 Å². The second-order valence-corrected chi connectivity index (χ2v) is 6.28. The lowest BCUT2D eigenvalue weighted by Gasteiger charge is -2.12. The Hall–Kier alpha value is -0.450. The van der Waals surface area contributed by atoms with E-state index in [-0.39, 0.29) is 6.10 Å². The molecule has 4 heteroatoms. The molecule has 0 saturated heterocycles. The first-order chi connectivity index (χ1) is 9.30. The van der Waals surface area contributed by atoms with Gasteiger partial charge < -0.3 is 10.1 Å². The number of hydrogen-bond acceptors (Lipinski definition) is 4. The minimum Gasteiger partial charge on any atom is -0.371 e. The quantitative estimate of drug-likeness (QED) is 0.750. The van der Waals surface area contributed by atoms with Crippen molar-refractivity contribution in [3.63, 3.8) is 0 Å². The fourth-order valence-electron chi connectivity index (χ4n) is 2.32. The van der Waals surface area contributed by atoms with E-state index < -0.39 is 0 Å². The number of ether oxygens (including phenoxy) is 1. The SMILES string of the molecule is CCCc1nc(C(OCC)C2CC2)sc1CNCC. The van der Waals surface area contributed by atoms with E-state index in [0.717, 1.165) is 32.5 Å². The molecule has 1 heterocycles. The summed E-state index contributed by atoms with van der Waals surface area (Å²) in [5.74, 6) is 0.715. The van der Waals surface area contributed by atoms with Crippen LogP contribution in [-0.2, 0) is 17.7 Å². The number of thiazole rings is 1. The average Bonchev–Trinajstić information content (AvgIpc) is 3.17. The minimum absolute atomic E-state index is 0.251. The van der Waals surface area contributed by atoms with Crippen molar-refractivity contribution in [2.75, 3.05) is 13.2 Å². The van der Waals surface area contributed by atoms with E-state index in [4.69, 9.17) is 9.72 Å². The third-order valence-electron chi connectivity index (χ3n) is 3.46. The summed E-state index contributed by atoms with van der Waals surface area (Å²) in [6.07, 6.45) is 5.10. The molecule has 1 atom stereocenters. The van der Waals surface area contributed by atoms with Gasteiger partial charge in [-0.1, -0.05) is 20.3 Å². The van der Waals surface area contributed by atoms with Crippen molar-refractivity contribution < 1.29 is 4.74 Å². The maximum atomic E-state index is 5.93. The van der Waals surface area contributed by atoms with E-state index in [1.54, 1.807) is 0 Å². The van der Waals surface area contributed by atoms with Gasteiger partial charge in [0.1, 0.15) is 11.1 Å². The van der Waals surface area contributed by atoms with E-state index in [9.17, 15) is 0 Å². The first kappa shape index (κ1) is 14.9. The van der Waals surface area contributed by atoms with Crippen LogP contribution in [0, 0.1) is 5.92 Å². The summed E-state index contributed by atoms with van der Waals surface area (Å²) in [5, 5.41) is 4.63. The predicted octanol–water partition coefficient (Wildman–Crippen LogP) is 3.69. The molecule has 0 radical (unpaired) electrons. The van der Waals surface area contributed by atoms with Crippen molar-refractivity contribution in [2.45, 2.75) is 59.1 Å². The van der Waals surface area contributed by atoms with E-state index in [1.807, 2.05) is 11.3 Å². The maximum Gasteiger partial charge on any atom is 0.122 e. The Labute approximate surface area is 120 Å². The number of hydrogen-bond donors (Lipinski definition) is 1. The largest absolute Gasteiger partial charge is 0.371 e. The number of aromatic nitrogens is 1. The maximum absolute atomic E-state index is 5.93. The minimum atomic E-state index is 0.251. The normalized spacial score (nSPS) is 16.8. The fourth-order valence-corrected chi connectivity index (χ4v) is 3.55. The molecule has 0 aromatic carbocycles. The third kappa shape index (κ3) is 4.01. The molecular formula is C15H26N2OS. The van der Waals surface area contributed by atoms with Crippen molar-refractivity contribution in [2.24, 2.45) is 5.92 Å². The van der Waals surface area contributed by atoms with Gasteiger partial charge in [-0.3, -0.25) is 0 Å². The molecule has 0 bridgehead atoms. The Kier molecular flexibility index (Phi) is 5.79. The van der Waals surface area contributed by atoms with Gasteiger partial charge in [-0.2, -0.15) is 0 Å². The Balaban J connectivity index is 2.14. The van der Waals surface area contributed by atoms with Gasteiger partial charge in [0.05, 0.1) is 5.69 Å². The third-order valence-corrected chi connectivity index (χ3v) is 4.62. The summed E-state index contributed by atoms with van der Waals surface area (Å²) >= 11 is 1.86. The molecule has 19 heavy (non-hydrogen) atoms.